The smallest absolute Gasteiger partial charge is 0.256 e. The highest BCUT2D eigenvalue weighted by Gasteiger charge is 2.23. The first-order valence-electron chi connectivity index (χ1n) is 8.80. The van der Waals surface area contributed by atoms with E-state index in [4.69, 9.17) is 11.6 Å². The van der Waals surface area contributed by atoms with Crippen LogP contribution in [-0.4, -0.2) is 46.9 Å². The number of carbonyl (C=O) groups is 1. The molecule has 132 valence electrons. The first-order chi connectivity index (χ1) is 12.7. The Kier molecular flexibility index (Phi) is 4.87. The number of para-hydroxylation sites is 1. The molecule has 1 saturated heterocycles. The summed E-state index contributed by atoms with van der Waals surface area (Å²) in [7, 11) is 0. The number of hydrogen-bond donors (Lipinski definition) is 0. The van der Waals surface area contributed by atoms with Crippen LogP contribution in [0, 0.1) is 0 Å². The van der Waals surface area contributed by atoms with Crippen LogP contribution in [0.15, 0.2) is 60.8 Å². The van der Waals surface area contributed by atoms with Crippen LogP contribution in [0.3, 0.4) is 0 Å². The largest absolute Gasteiger partial charge is 0.336 e. The van der Waals surface area contributed by atoms with Gasteiger partial charge >= 0.3 is 0 Å². The third-order valence-electron chi connectivity index (χ3n) is 4.82. The van der Waals surface area contributed by atoms with Crippen LogP contribution in [0.25, 0.3) is 10.9 Å². The molecule has 0 radical (unpaired) electrons. The minimum atomic E-state index is 0.0664. The fourth-order valence-electron chi connectivity index (χ4n) is 3.45. The first-order valence-corrected chi connectivity index (χ1v) is 9.18. The molecule has 0 unspecified atom stereocenters. The number of benzene rings is 2. The van der Waals surface area contributed by atoms with E-state index in [1.54, 1.807) is 6.20 Å². The third-order valence-corrected chi connectivity index (χ3v) is 5.05. The molecule has 4 rings (SSSR count). The second kappa shape index (κ2) is 7.44. The maximum absolute atomic E-state index is 13.0. The zero-order chi connectivity index (χ0) is 17.9. The van der Waals surface area contributed by atoms with E-state index >= 15 is 0 Å². The number of amides is 1. The van der Waals surface area contributed by atoms with Crippen LogP contribution in [0.4, 0.5) is 0 Å². The van der Waals surface area contributed by atoms with Gasteiger partial charge < -0.3 is 4.90 Å². The van der Waals surface area contributed by atoms with E-state index < -0.39 is 0 Å². The maximum atomic E-state index is 13.0. The Morgan fingerprint density at radius 1 is 1.00 bits per heavy atom. The summed E-state index contributed by atoms with van der Waals surface area (Å²) in [5.74, 6) is 0.0664. The summed E-state index contributed by atoms with van der Waals surface area (Å²) in [5.41, 5.74) is 2.67. The lowest BCUT2D eigenvalue weighted by Gasteiger charge is -2.35. The second-order valence-electron chi connectivity index (χ2n) is 6.58. The van der Waals surface area contributed by atoms with Gasteiger partial charge in [0.1, 0.15) is 0 Å². The highest BCUT2D eigenvalue weighted by molar-refractivity contribution is 6.30. The molecule has 0 N–H and O–H groups in total. The van der Waals surface area contributed by atoms with Gasteiger partial charge in [-0.3, -0.25) is 14.7 Å². The lowest BCUT2D eigenvalue weighted by atomic mass is 10.1. The van der Waals surface area contributed by atoms with Crippen molar-refractivity contribution in [2.75, 3.05) is 26.2 Å². The first kappa shape index (κ1) is 17.0. The van der Waals surface area contributed by atoms with Crippen molar-refractivity contribution >= 4 is 28.4 Å². The number of rotatable bonds is 3. The standard InChI is InChI=1S/C21H20ClN3O/c22-18-7-1-4-16(14-18)15-24-10-12-25(13-11-24)21(26)19-8-2-5-17-6-3-9-23-20(17)19/h1-9,14H,10-13,15H2. The van der Waals surface area contributed by atoms with Crippen LogP contribution in [0.5, 0.6) is 0 Å². The normalized spacial score (nSPS) is 15.3. The van der Waals surface area contributed by atoms with Gasteiger partial charge in [0.2, 0.25) is 0 Å². The molecule has 5 heteroatoms. The van der Waals surface area contributed by atoms with Gasteiger partial charge in [-0.05, 0) is 29.8 Å². The van der Waals surface area contributed by atoms with Crippen molar-refractivity contribution in [2.24, 2.45) is 0 Å². The maximum Gasteiger partial charge on any atom is 0.256 e. The van der Waals surface area contributed by atoms with Gasteiger partial charge in [-0.15, -0.1) is 0 Å². The molecule has 26 heavy (non-hydrogen) atoms. The van der Waals surface area contributed by atoms with E-state index in [9.17, 15) is 4.79 Å². The lowest BCUT2D eigenvalue weighted by molar-refractivity contribution is 0.0630. The van der Waals surface area contributed by atoms with Crippen molar-refractivity contribution in [1.82, 2.24) is 14.8 Å². The van der Waals surface area contributed by atoms with Gasteiger partial charge in [0, 0.05) is 49.3 Å². The molecule has 4 nitrogen and oxygen atoms in total. The average molecular weight is 366 g/mol. The van der Waals surface area contributed by atoms with Crippen molar-refractivity contribution in [2.45, 2.75) is 6.54 Å². The van der Waals surface area contributed by atoms with Gasteiger partial charge in [-0.25, -0.2) is 0 Å². The number of piperazine rings is 1. The van der Waals surface area contributed by atoms with Gasteiger partial charge in [0.05, 0.1) is 11.1 Å². The van der Waals surface area contributed by atoms with Crippen molar-refractivity contribution < 1.29 is 4.79 Å². The highest BCUT2D eigenvalue weighted by Crippen LogP contribution is 2.19. The fourth-order valence-corrected chi connectivity index (χ4v) is 3.66. The molecule has 0 saturated carbocycles. The van der Waals surface area contributed by atoms with Crippen molar-refractivity contribution in [3.63, 3.8) is 0 Å². The molecule has 2 heterocycles. The monoisotopic (exact) mass is 365 g/mol. The molecular weight excluding hydrogens is 346 g/mol. The van der Waals surface area contributed by atoms with Crippen molar-refractivity contribution in [1.29, 1.82) is 0 Å². The number of fused-ring (bicyclic) bond motifs is 1. The molecule has 1 amide bonds. The zero-order valence-electron chi connectivity index (χ0n) is 14.4. The number of nitrogens with zero attached hydrogens (tertiary/aromatic N) is 3. The van der Waals surface area contributed by atoms with Crippen LogP contribution < -0.4 is 0 Å². The van der Waals surface area contributed by atoms with E-state index in [1.165, 1.54) is 5.56 Å². The molecule has 0 aliphatic carbocycles. The summed E-state index contributed by atoms with van der Waals surface area (Å²) in [6, 6.07) is 17.6. The Hall–Kier alpha value is -2.43. The molecule has 2 aromatic carbocycles. The van der Waals surface area contributed by atoms with Gasteiger partial charge in [0.15, 0.2) is 0 Å². The molecule has 0 spiro atoms. The average Bonchev–Trinajstić information content (AvgIpc) is 2.68. The summed E-state index contributed by atoms with van der Waals surface area (Å²) < 4.78 is 0. The van der Waals surface area contributed by atoms with Crippen LogP contribution >= 0.6 is 11.6 Å². The second-order valence-corrected chi connectivity index (χ2v) is 7.02. The molecule has 0 bridgehead atoms. The van der Waals surface area contributed by atoms with E-state index in [1.807, 2.05) is 53.4 Å². The Labute approximate surface area is 158 Å². The molecule has 0 atom stereocenters. The quantitative estimate of drug-likeness (QED) is 0.707. The number of pyridine rings is 1. The van der Waals surface area contributed by atoms with E-state index in [-0.39, 0.29) is 5.91 Å². The predicted octanol–water partition coefficient (Wildman–Crippen LogP) is 3.85. The van der Waals surface area contributed by atoms with E-state index in [0.29, 0.717) is 5.56 Å². The van der Waals surface area contributed by atoms with Crippen molar-refractivity contribution in [3.8, 4) is 0 Å². The highest BCUT2D eigenvalue weighted by atomic mass is 35.5. The lowest BCUT2D eigenvalue weighted by Crippen LogP contribution is -2.48. The molecule has 3 aromatic rings. The summed E-state index contributed by atoms with van der Waals surface area (Å²) >= 11 is 6.07. The number of hydrogen-bond acceptors (Lipinski definition) is 3. The summed E-state index contributed by atoms with van der Waals surface area (Å²) in [6.45, 7) is 4.02. The zero-order valence-corrected chi connectivity index (χ0v) is 15.2. The summed E-state index contributed by atoms with van der Waals surface area (Å²) in [5, 5.41) is 1.76. The van der Waals surface area contributed by atoms with E-state index in [2.05, 4.69) is 16.0 Å². The molecule has 1 aliphatic rings. The van der Waals surface area contributed by atoms with Crippen molar-refractivity contribution in [3.05, 3.63) is 76.9 Å². The Morgan fingerprint density at radius 2 is 1.77 bits per heavy atom. The Bertz CT molecular complexity index is 930. The Morgan fingerprint density at radius 3 is 2.58 bits per heavy atom. The van der Waals surface area contributed by atoms with Crippen LogP contribution in [-0.2, 0) is 6.54 Å². The summed E-state index contributed by atoms with van der Waals surface area (Å²) in [6.07, 6.45) is 1.74. The topological polar surface area (TPSA) is 36.4 Å². The van der Waals surface area contributed by atoms with E-state index in [0.717, 1.165) is 48.6 Å². The molecule has 1 aromatic heterocycles. The molecule has 1 fully saturated rings. The SMILES string of the molecule is O=C(c1cccc2cccnc12)N1CCN(Cc2cccc(Cl)c2)CC1. The fraction of sp³-hybridized carbons (Fsp3) is 0.238. The van der Waals surface area contributed by atoms with Gasteiger partial charge in [-0.2, -0.15) is 0 Å². The minimum absolute atomic E-state index is 0.0664. The third kappa shape index (κ3) is 3.57. The number of halogens is 1. The minimum Gasteiger partial charge on any atom is -0.336 e. The predicted molar refractivity (Wildman–Crippen MR) is 104 cm³/mol. The van der Waals surface area contributed by atoms with Gasteiger partial charge in [-0.1, -0.05) is 41.9 Å². The summed E-state index contributed by atoms with van der Waals surface area (Å²) in [4.78, 5) is 21.7. The molecular formula is C21H20ClN3O. The number of carbonyl (C=O) groups excluding carboxylic acids is 1. The number of aromatic nitrogens is 1. The van der Waals surface area contributed by atoms with Crippen LogP contribution in [0.1, 0.15) is 15.9 Å². The van der Waals surface area contributed by atoms with Crippen LogP contribution in [0.2, 0.25) is 5.02 Å². The molecule has 1 aliphatic heterocycles. The van der Waals surface area contributed by atoms with Gasteiger partial charge in [0.25, 0.3) is 5.91 Å². The Balaban J connectivity index is 1.43.